The summed E-state index contributed by atoms with van der Waals surface area (Å²) in [7, 11) is 0. The molecule has 0 bridgehead atoms. The van der Waals surface area contributed by atoms with Crippen LogP contribution >= 0.6 is 0 Å². The van der Waals surface area contributed by atoms with Crippen LogP contribution in [-0.2, 0) is 12.8 Å². The van der Waals surface area contributed by atoms with Gasteiger partial charge in [0.1, 0.15) is 18.0 Å². The molecule has 0 fully saturated rings. The van der Waals surface area contributed by atoms with Gasteiger partial charge in [-0.15, -0.1) is 0 Å². The first kappa shape index (κ1) is 12.9. The maximum Gasteiger partial charge on any atom is 0.135 e. The summed E-state index contributed by atoms with van der Waals surface area (Å²) in [6.07, 6.45) is 5.26. The predicted octanol–water partition coefficient (Wildman–Crippen LogP) is 3.53. The second kappa shape index (κ2) is 5.49. The fourth-order valence-corrected chi connectivity index (χ4v) is 2.60. The molecule has 20 heavy (non-hydrogen) atoms. The maximum atomic E-state index is 4.27. The van der Waals surface area contributed by atoms with Gasteiger partial charge >= 0.3 is 0 Å². The van der Waals surface area contributed by atoms with Crippen LogP contribution in [0.4, 0.5) is 17.3 Å². The Hall–Kier alpha value is -2.10. The largest absolute Gasteiger partial charge is 0.368 e. The van der Waals surface area contributed by atoms with E-state index in [9.17, 15) is 0 Å². The Bertz CT molecular complexity index is 607. The normalized spacial score (nSPS) is 13.3. The van der Waals surface area contributed by atoms with Gasteiger partial charge in [0.15, 0.2) is 0 Å². The zero-order valence-corrected chi connectivity index (χ0v) is 12.0. The Morgan fingerprint density at radius 1 is 1.00 bits per heavy atom. The number of anilines is 3. The predicted molar refractivity (Wildman–Crippen MR) is 82.5 cm³/mol. The smallest absolute Gasteiger partial charge is 0.135 e. The standard InChI is InChI=1S/C16H20N4/c1-11(2)19-15-9-16(18-10-17-15)20-14-7-6-12-4-3-5-13(12)8-14/h6-11H,3-5H2,1-2H3,(H2,17,18,19,20). The van der Waals surface area contributed by atoms with Gasteiger partial charge in [0.2, 0.25) is 0 Å². The first-order valence-corrected chi connectivity index (χ1v) is 7.18. The van der Waals surface area contributed by atoms with Gasteiger partial charge in [-0.2, -0.15) is 0 Å². The minimum absolute atomic E-state index is 0.359. The molecule has 3 rings (SSSR count). The van der Waals surface area contributed by atoms with Crippen molar-refractivity contribution in [3.05, 3.63) is 41.7 Å². The first-order valence-electron chi connectivity index (χ1n) is 7.18. The molecule has 4 nitrogen and oxygen atoms in total. The Balaban J connectivity index is 1.77. The van der Waals surface area contributed by atoms with Gasteiger partial charge in [-0.25, -0.2) is 9.97 Å². The Labute approximate surface area is 119 Å². The fraction of sp³-hybridized carbons (Fsp3) is 0.375. The van der Waals surface area contributed by atoms with Crippen molar-refractivity contribution in [2.75, 3.05) is 10.6 Å². The SMILES string of the molecule is CC(C)Nc1cc(Nc2ccc3c(c2)CCC3)ncn1. The number of nitrogens with zero attached hydrogens (tertiary/aromatic N) is 2. The molecule has 1 heterocycles. The molecule has 1 aliphatic carbocycles. The molecule has 0 saturated carbocycles. The van der Waals surface area contributed by atoms with E-state index in [1.807, 2.05) is 6.07 Å². The third kappa shape index (κ3) is 2.90. The molecule has 1 aliphatic rings. The summed E-state index contributed by atoms with van der Waals surface area (Å²) in [6, 6.07) is 8.88. The lowest BCUT2D eigenvalue weighted by molar-refractivity contribution is 0.886. The molecule has 0 unspecified atom stereocenters. The fourth-order valence-electron chi connectivity index (χ4n) is 2.60. The van der Waals surface area contributed by atoms with Crippen molar-refractivity contribution in [1.29, 1.82) is 0 Å². The van der Waals surface area contributed by atoms with Gasteiger partial charge < -0.3 is 10.6 Å². The van der Waals surface area contributed by atoms with Crippen molar-refractivity contribution >= 4 is 17.3 Å². The summed E-state index contributed by atoms with van der Waals surface area (Å²) >= 11 is 0. The number of fused-ring (bicyclic) bond motifs is 1. The number of rotatable bonds is 4. The molecule has 1 aromatic heterocycles. The van der Waals surface area contributed by atoms with E-state index < -0.39 is 0 Å². The van der Waals surface area contributed by atoms with Crippen molar-refractivity contribution in [3.8, 4) is 0 Å². The number of nitrogens with one attached hydrogen (secondary N) is 2. The molecule has 0 amide bonds. The van der Waals surface area contributed by atoms with E-state index in [0.29, 0.717) is 6.04 Å². The van der Waals surface area contributed by atoms with Gasteiger partial charge in [-0.05, 0) is 56.4 Å². The van der Waals surface area contributed by atoms with Crippen molar-refractivity contribution in [3.63, 3.8) is 0 Å². The van der Waals surface area contributed by atoms with Crippen LogP contribution in [0.15, 0.2) is 30.6 Å². The lowest BCUT2D eigenvalue weighted by atomic mass is 10.1. The summed E-state index contributed by atoms with van der Waals surface area (Å²) in [5.41, 5.74) is 4.05. The minimum Gasteiger partial charge on any atom is -0.368 e. The van der Waals surface area contributed by atoms with Crippen LogP contribution in [0.5, 0.6) is 0 Å². The van der Waals surface area contributed by atoms with Gasteiger partial charge in [0.25, 0.3) is 0 Å². The van der Waals surface area contributed by atoms with Gasteiger partial charge in [0.05, 0.1) is 0 Å². The molecule has 0 saturated heterocycles. The highest BCUT2D eigenvalue weighted by molar-refractivity contribution is 5.60. The zero-order chi connectivity index (χ0) is 13.9. The molecule has 104 valence electrons. The van der Waals surface area contributed by atoms with E-state index in [4.69, 9.17) is 0 Å². The first-order chi connectivity index (χ1) is 9.70. The second-order valence-electron chi connectivity index (χ2n) is 5.55. The van der Waals surface area contributed by atoms with Crippen molar-refractivity contribution in [1.82, 2.24) is 9.97 Å². The van der Waals surface area contributed by atoms with Crippen molar-refractivity contribution in [2.45, 2.75) is 39.2 Å². The number of aryl methyl sites for hydroxylation is 2. The Morgan fingerprint density at radius 3 is 2.65 bits per heavy atom. The summed E-state index contributed by atoms with van der Waals surface area (Å²) in [4.78, 5) is 8.49. The summed E-state index contributed by atoms with van der Waals surface area (Å²) in [6.45, 7) is 4.19. The van der Waals surface area contributed by atoms with Crippen LogP contribution in [0, 0.1) is 0 Å². The number of aromatic nitrogens is 2. The number of hydrogen-bond acceptors (Lipinski definition) is 4. The molecule has 2 aromatic rings. The highest BCUT2D eigenvalue weighted by Crippen LogP contribution is 2.26. The van der Waals surface area contributed by atoms with E-state index in [1.165, 1.54) is 30.4 Å². The molecular weight excluding hydrogens is 248 g/mol. The van der Waals surface area contributed by atoms with Gasteiger partial charge in [-0.3, -0.25) is 0 Å². The molecule has 0 spiro atoms. The third-order valence-electron chi connectivity index (χ3n) is 3.47. The minimum atomic E-state index is 0.359. The molecule has 0 atom stereocenters. The van der Waals surface area contributed by atoms with Crippen LogP contribution in [-0.4, -0.2) is 16.0 Å². The van der Waals surface area contributed by atoms with E-state index in [2.05, 4.69) is 52.6 Å². The van der Waals surface area contributed by atoms with Crippen LogP contribution in [0.2, 0.25) is 0 Å². The monoisotopic (exact) mass is 268 g/mol. The lowest BCUT2D eigenvalue weighted by Gasteiger charge is -2.11. The van der Waals surface area contributed by atoms with Gasteiger partial charge in [-0.1, -0.05) is 6.07 Å². The van der Waals surface area contributed by atoms with Crippen LogP contribution < -0.4 is 10.6 Å². The van der Waals surface area contributed by atoms with Crippen LogP contribution in [0.1, 0.15) is 31.4 Å². The topological polar surface area (TPSA) is 49.8 Å². The molecule has 0 radical (unpaired) electrons. The molecule has 1 aromatic carbocycles. The lowest BCUT2D eigenvalue weighted by Crippen LogP contribution is -2.11. The Kier molecular flexibility index (Phi) is 3.54. The number of hydrogen-bond donors (Lipinski definition) is 2. The Morgan fingerprint density at radius 2 is 1.80 bits per heavy atom. The van der Waals surface area contributed by atoms with E-state index in [1.54, 1.807) is 6.33 Å². The van der Waals surface area contributed by atoms with E-state index in [-0.39, 0.29) is 0 Å². The van der Waals surface area contributed by atoms with Crippen LogP contribution in [0.3, 0.4) is 0 Å². The number of benzene rings is 1. The zero-order valence-electron chi connectivity index (χ0n) is 12.0. The second-order valence-corrected chi connectivity index (χ2v) is 5.55. The average Bonchev–Trinajstić information content (AvgIpc) is 2.85. The highest BCUT2D eigenvalue weighted by Gasteiger charge is 2.11. The van der Waals surface area contributed by atoms with E-state index >= 15 is 0 Å². The quantitative estimate of drug-likeness (QED) is 0.890. The molecule has 2 N–H and O–H groups in total. The van der Waals surface area contributed by atoms with Crippen molar-refractivity contribution < 1.29 is 0 Å². The van der Waals surface area contributed by atoms with E-state index in [0.717, 1.165) is 17.3 Å². The van der Waals surface area contributed by atoms with Crippen molar-refractivity contribution in [2.24, 2.45) is 0 Å². The highest BCUT2D eigenvalue weighted by atomic mass is 15.1. The summed E-state index contributed by atoms with van der Waals surface area (Å²) < 4.78 is 0. The van der Waals surface area contributed by atoms with Crippen LogP contribution in [0.25, 0.3) is 0 Å². The summed E-state index contributed by atoms with van der Waals surface area (Å²) in [5.74, 6) is 1.67. The average molecular weight is 268 g/mol. The maximum absolute atomic E-state index is 4.27. The molecule has 4 heteroatoms. The molecule has 0 aliphatic heterocycles. The summed E-state index contributed by atoms with van der Waals surface area (Å²) in [5, 5.41) is 6.64. The third-order valence-corrected chi connectivity index (χ3v) is 3.47. The molecular formula is C16H20N4. The van der Waals surface area contributed by atoms with Gasteiger partial charge in [0, 0.05) is 17.8 Å².